The topological polar surface area (TPSA) is 29.1 Å². The molecule has 0 saturated carbocycles. The maximum absolute atomic E-state index is 11.7. The molecule has 0 aliphatic carbocycles. The summed E-state index contributed by atoms with van der Waals surface area (Å²) < 4.78 is 1.08. The summed E-state index contributed by atoms with van der Waals surface area (Å²) in [6.07, 6.45) is 2.81. The Morgan fingerprint density at radius 2 is 1.94 bits per heavy atom. The molecule has 4 heteroatoms. The summed E-state index contributed by atoms with van der Waals surface area (Å²) in [4.78, 5) is 11.7. The zero-order valence-corrected chi connectivity index (χ0v) is 12.8. The van der Waals surface area contributed by atoms with Gasteiger partial charge in [0.1, 0.15) is 0 Å². The minimum absolute atomic E-state index is 0.0161. The van der Waals surface area contributed by atoms with Crippen molar-refractivity contribution in [1.29, 1.82) is 0 Å². The van der Waals surface area contributed by atoms with Crippen molar-refractivity contribution in [3.05, 3.63) is 34.3 Å². The number of thioether (sulfide) groups is 1. The fourth-order valence-electron chi connectivity index (χ4n) is 1.49. The molecule has 94 valence electrons. The Labute approximate surface area is 116 Å². The van der Waals surface area contributed by atoms with Gasteiger partial charge in [0.15, 0.2) is 0 Å². The molecule has 1 aromatic carbocycles. The first-order valence-electron chi connectivity index (χ1n) is 5.60. The number of hydrogen-bond donors (Lipinski definition) is 1. The van der Waals surface area contributed by atoms with Crippen LogP contribution in [-0.2, 0) is 11.2 Å². The van der Waals surface area contributed by atoms with Crippen molar-refractivity contribution in [2.75, 3.05) is 6.26 Å². The zero-order chi connectivity index (χ0) is 12.8. The lowest BCUT2D eigenvalue weighted by Gasteiger charge is -2.16. The molecule has 1 amide bonds. The van der Waals surface area contributed by atoms with E-state index < -0.39 is 0 Å². The predicted molar refractivity (Wildman–Crippen MR) is 78.4 cm³/mol. The fourth-order valence-corrected chi connectivity index (χ4v) is 2.04. The molecule has 1 aromatic rings. The molecule has 0 heterocycles. The van der Waals surface area contributed by atoms with Crippen LogP contribution in [0.2, 0.25) is 0 Å². The van der Waals surface area contributed by atoms with Gasteiger partial charge in [-0.1, -0.05) is 28.1 Å². The summed E-state index contributed by atoms with van der Waals surface area (Å²) in [5.74, 6) is 0.113. The van der Waals surface area contributed by atoms with E-state index in [-0.39, 0.29) is 17.2 Å². The van der Waals surface area contributed by atoms with E-state index in [4.69, 9.17) is 0 Å². The summed E-state index contributed by atoms with van der Waals surface area (Å²) in [5.41, 5.74) is 1.23. The molecule has 0 spiro atoms. The molecule has 0 radical (unpaired) electrons. The Balaban J connectivity index is 2.47. The lowest BCUT2D eigenvalue weighted by atomic mass is 10.1. The number of carbonyl (C=O) groups excluding carboxylic acids is 1. The van der Waals surface area contributed by atoms with Crippen LogP contribution in [0.25, 0.3) is 0 Å². The molecule has 0 bridgehead atoms. The fraction of sp³-hybridized carbons (Fsp3) is 0.462. The van der Waals surface area contributed by atoms with Gasteiger partial charge in [0, 0.05) is 10.5 Å². The molecule has 2 nitrogen and oxygen atoms in total. The number of amides is 1. The minimum Gasteiger partial charge on any atom is -0.352 e. The molecule has 17 heavy (non-hydrogen) atoms. The van der Waals surface area contributed by atoms with Gasteiger partial charge in [-0.05, 0) is 44.2 Å². The maximum Gasteiger partial charge on any atom is 0.233 e. The van der Waals surface area contributed by atoms with E-state index in [1.807, 2.05) is 32.2 Å². The number of hydrogen-bond acceptors (Lipinski definition) is 2. The van der Waals surface area contributed by atoms with E-state index in [2.05, 4.69) is 33.4 Å². The van der Waals surface area contributed by atoms with Gasteiger partial charge in [0.25, 0.3) is 0 Å². The van der Waals surface area contributed by atoms with Gasteiger partial charge in [-0.25, -0.2) is 0 Å². The van der Waals surface area contributed by atoms with Gasteiger partial charge in [-0.2, -0.15) is 11.8 Å². The molecule has 1 rings (SSSR count). The number of rotatable bonds is 5. The van der Waals surface area contributed by atoms with Crippen LogP contribution in [0.5, 0.6) is 0 Å². The van der Waals surface area contributed by atoms with E-state index in [9.17, 15) is 4.79 Å². The van der Waals surface area contributed by atoms with Crippen LogP contribution in [-0.4, -0.2) is 23.5 Å². The third-order valence-corrected chi connectivity index (χ3v) is 4.02. The zero-order valence-electron chi connectivity index (χ0n) is 10.4. The van der Waals surface area contributed by atoms with E-state index in [0.717, 1.165) is 10.9 Å². The molecular formula is C13H18BrNOS. The number of benzene rings is 1. The van der Waals surface area contributed by atoms with Crippen molar-refractivity contribution in [3.63, 3.8) is 0 Å². The smallest absolute Gasteiger partial charge is 0.233 e. The minimum atomic E-state index is 0.0161. The summed E-state index contributed by atoms with van der Waals surface area (Å²) in [6.45, 7) is 3.96. The number of nitrogens with one attached hydrogen (secondary N) is 1. The summed E-state index contributed by atoms with van der Waals surface area (Å²) in [6, 6.07) is 8.36. The third kappa shape index (κ3) is 5.13. The Morgan fingerprint density at radius 3 is 2.47 bits per heavy atom. The maximum atomic E-state index is 11.7. The average Bonchev–Trinajstić information content (AvgIpc) is 2.30. The first kappa shape index (κ1) is 14.6. The monoisotopic (exact) mass is 315 g/mol. The van der Waals surface area contributed by atoms with Crippen LogP contribution >= 0.6 is 27.7 Å². The molecule has 2 atom stereocenters. The first-order chi connectivity index (χ1) is 8.02. The summed E-state index contributed by atoms with van der Waals surface area (Å²) >= 11 is 4.97. The van der Waals surface area contributed by atoms with Crippen molar-refractivity contribution in [3.8, 4) is 0 Å². The van der Waals surface area contributed by atoms with Crippen molar-refractivity contribution in [1.82, 2.24) is 5.32 Å². The second kappa shape index (κ2) is 7.07. The van der Waals surface area contributed by atoms with Gasteiger partial charge in [-0.3, -0.25) is 4.79 Å². The molecule has 0 unspecified atom stereocenters. The van der Waals surface area contributed by atoms with Crippen LogP contribution in [0, 0.1) is 0 Å². The lowest BCUT2D eigenvalue weighted by molar-refractivity contribution is -0.120. The number of halogens is 1. The standard InChI is InChI=1S/C13H18BrNOS/c1-9(15-13(16)10(2)17-3)8-11-4-6-12(14)7-5-11/h4-7,9-10H,8H2,1-3H3,(H,15,16)/t9-,10+/m0/s1. The highest BCUT2D eigenvalue weighted by molar-refractivity contribution is 9.10. The molecule has 0 fully saturated rings. The Morgan fingerprint density at radius 1 is 1.35 bits per heavy atom. The Bertz CT molecular complexity index is 366. The summed E-state index contributed by atoms with van der Waals surface area (Å²) in [7, 11) is 0. The van der Waals surface area contributed by atoms with Crippen LogP contribution < -0.4 is 5.32 Å². The summed E-state index contributed by atoms with van der Waals surface area (Å²) in [5, 5.41) is 3.04. The third-order valence-electron chi connectivity index (χ3n) is 2.57. The van der Waals surface area contributed by atoms with E-state index >= 15 is 0 Å². The van der Waals surface area contributed by atoms with Gasteiger partial charge < -0.3 is 5.32 Å². The normalized spacial score (nSPS) is 14.1. The predicted octanol–water partition coefficient (Wildman–Crippen LogP) is 3.25. The molecular weight excluding hydrogens is 298 g/mol. The van der Waals surface area contributed by atoms with Gasteiger partial charge >= 0.3 is 0 Å². The lowest BCUT2D eigenvalue weighted by Crippen LogP contribution is -2.38. The quantitative estimate of drug-likeness (QED) is 0.903. The molecule has 0 aliphatic rings. The van der Waals surface area contributed by atoms with Gasteiger partial charge in [-0.15, -0.1) is 0 Å². The molecule has 0 aromatic heterocycles. The van der Waals surface area contributed by atoms with Crippen molar-refractivity contribution in [2.24, 2.45) is 0 Å². The highest BCUT2D eigenvalue weighted by Crippen LogP contribution is 2.12. The van der Waals surface area contributed by atoms with E-state index in [0.29, 0.717) is 0 Å². The van der Waals surface area contributed by atoms with Gasteiger partial charge in [0.05, 0.1) is 5.25 Å². The molecule has 0 aliphatic heterocycles. The molecule has 0 saturated heterocycles. The second-order valence-electron chi connectivity index (χ2n) is 4.12. The Kier molecular flexibility index (Phi) is 6.06. The van der Waals surface area contributed by atoms with Crippen molar-refractivity contribution in [2.45, 2.75) is 31.6 Å². The SMILES string of the molecule is CS[C@H](C)C(=O)N[C@@H](C)Cc1ccc(Br)cc1. The second-order valence-corrected chi connectivity index (χ2v) is 6.21. The van der Waals surface area contributed by atoms with Crippen LogP contribution in [0.3, 0.4) is 0 Å². The number of carbonyl (C=O) groups is 1. The van der Waals surface area contributed by atoms with Crippen LogP contribution in [0.4, 0.5) is 0 Å². The average molecular weight is 316 g/mol. The highest BCUT2D eigenvalue weighted by atomic mass is 79.9. The largest absolute Gasteiger partial charge is 0.352 e. The van der Waals surface area contributed by atoms with Crippen molar-refractivity contribution < 1.29 is 4.79 Å². The van der Waals surface area contributed by atoms with Crippen LogP contribution in [0.15, 0.2) is 28.7 Å². The first-order valence-corrected chi connectivity index (χ1v) is 7.68. The van der Waals surface area contributed by atoms with Crippen molar-refractivity contribution >= 4 is 33.6 Å². The highest BCUT2D eigenvalue weighted by Gasteiger charge is 2.13. The van der Waals surface area contributed by atoms with Crippen LogP contribution in [0.1, 0.15) is 19.4 Å². The van der Waals surface area contributed by atoms with E-state index in [1.165, 1.54) is 5.56 Å². The van der Waals surface area contributed by atoms with Gasteiger partial charge in [0.2, 0.25) is 5.91 Å². The molecule has 1 N–H and O–H groups in total. The Hall–Kier alpha value is -0.480. The van der Waals surface area contributed by atoms with E-state index in [1.54, 1.807) is 11.8 Å².